The molecule has 0 aliphatic heterocycles. The van der Waals surface area contributed by atoms with Gasteiger partial charge in [0.15, 0.2) is 0 Å². The van der Waals surface area contributed by atoms with Crippen LogP contribution in [0.25, 0.3) is 11.1 Å². The summed E-state index contributed by atoms with van der Waals surface area (Å²) in [7, 11) is 0. The van der Waals surface area contributed by atoms with Crippen LogP contribution in [-0.4, -0.2) is 0 Å². The van der Waals surface area contributed by atoms with Gasteiger partial charge < -0.3 is 0 Å². The van der Waals surface area contributed by atoms with Crippen molar-refractivity contribution >= 4 is 0 Å². The molecule has 16 heavy (non-hydrogen) atoms. The highest BCUT2D eigenvalue weighted by Gasteiger charge is 2.06. The molecule has 0 radical (unpaired) electrons. The van der Waals surface area contributed by atoms with Crippen LogP contribution >= 0.6 is 0 Å². The largest absolute Gasteiger partial charge is 0.0651 e. The third-order valence-electron chi connectivity index (χ3n) is 2.94. The normalized spacial score (nSPS) is 10.4. The molecule has 0 saturated carbocycles. The second kappa shape index (κ2) is 4.98. The van der Waals surface area contributed by atoms with Gasteiger partial charge in [0.2, 0.25) is 0 Å². The topological polar surface area (TPSA) is 0 Å². The Morgan fingerprint density at radius 1 is 0.875 bits per heavy atom. The highest BCUT2D eigenvalue weighted by atomic mass is 14.1. The van der Waals surface area contributed by atoms with E-state index >= 15 is 0 Å². The SMILES string of the molecule is CCCc1cccc(C)c1-c1ccccc1. The van der Waals surface area contributed by atoms with Crippen molar-refractivity contribution in [1.82, 2.24) is 0 Å². The molecule has 0 amide bonds. The second-order valence-electron chi connectivity index (χ2n) is 4.23. The third-order valence-corrected chi connectivity index (χ3v) is 2.94. The van der Waals surface area contributed by atoms with Gasteiger partial charge >= 0.3 is 0 Å². The van der Waals surface area contributed by atoms with E-state index in [0.717, 1.165) is 6.42 Å². The lowest BCUT2D eigenvalue weighted by Crippen LogP contribution is -1.92. The Kier molecular flexibility index (Phi) is 3.40. The van der Waals surface area contributed by atoms with Crippen LogP contribution in [0, 0.1) is 6.92 Å². The fraction of sp³-hybridized carbons (Fsp3) is 0.250. The first-order valence-electron chi connectivity index (χ1n) is 5.97. The smallest absolute Gasteiger partial charge is 0.0123 e. The molecule has 0 N–H and O–H groups in total. The Labute approximate surface area is 97.9 Å². The molecule has 0 saturated heterocycles. The van der Waals surface area contributed by atoms with Crippen LogP contribution in [0.5, 0.6) is 0 Å². The zero-order valence-corrected chi connectivity index (χ0v) is 10.0. The summed E-state index contributed by atoms with van der Waals surface area (Å²) in [5, 5.41) is 0. The molecule has 0 aliphatic rings. The van der Waals surface area contributed by atoms with E-state index in [9.17, 15) is 0 Å². The fourth-order valence-corrected chi connectivity index (χ4v) is 2.22. The quantitative estimate of drug-likeness (QED) is 0.693. The van der Waals surface area contributed by atoms with Crippen LogP contribution in [0.2, 0.25) is 0 Å². The first-order chi connectivity index (χ1) is 7.83. The maximum atomic E-state index is 2.25. The summed E-state index contributed by atoms with van der Waals surface area (Å²) >= 11 is 0. The Morgan fingerprint density at radius 3 is 2.31 bits per heavy atom. The molecule has 2 aromatic rings. The van der Waals surface area contributed by atoms with Gasteiger partial charge in [-0.15, -0.1) is 0 Å². The Hall–Kier alpha value is -1.56. The van der Waals surface area contributed by atoms with Gasteiger partial charge in [-0.25, -0.2) is 0 Å². The molecule has 0 nitrogen and oxygen atoms in total. The molecule has 0 atom stereocenters. The molecule has 0 spiro atoms. The van der Waals surface area contributed by atoms with E-state index in [4.69, 9.17) is 0 Å². The van der Waals surface area contributed by atoms with Crippen molar-refractivity contribution in [2.45, 2.75) is 26.7 Å². The minimum Gasteiger partial charge on any atom is -0.0651 e. The van der Waals surface area contributed by atoms with Crippen molar-refractivity contribution in [2.24, 2.45) is 0 Å². The molecule has 0 aliphatic carbocycles. The summed E-state index contributed by atoms with van der Waals surface area (Å²) in [5.74, 6) is 0. The summed E-state index contributed by atoms with van der Waals surface area (Å²) in [6, 6.07) is 17.3. The average Bonchev–Trinajstić information content (AvgIpc) is 2.31. The highest BCUT2D eigenvalue weighted by Crippen LogP contribution is 2.28. The molecule has 2 rings (SSSR count). The van der Waals surface area contributed by atoms with Crippen molar-refractivity contribution in [3.05, 3.63) is 59.7 Å². The Bertz CT molecular complexity index is 455. The lowest BCUT2D eigenvalue weighted by Gasteiger charge is -2.12. The van der Waals surface area contributed by atoms with Crippen molar-refractivity contribution in [2.75, 3.05) is 0 Å². The number of aryl methyl sites for hydroxylation is 2. The van der Waals surface area contributed by atoms with Crippen LogP contribution in [-0.2, 0) is 6.42 Å². The Morgan fingerprint density at radius 2 is 1.62 bits per heavy atom. The first kappa shape index (κ1) is 10.9. The summed E-state index contributed by atoms with van der Waals surface area (Å²) in [6.45, 7) is 4.43. The van der Waals surface area contributed by atoms with Crippen LogP contribution in [0.1, 0.15) is 24.5 Å². The molecule has 0 bridgehead atoms. The fourth-order valence-electron chi connectivity index (χ4n) is 2.22. The van der Waals surface area contributed by atoms with Crippen LogP contribution in [0.3, 0.4) is 0 Å². The molecular formula is C16H18. The van der Waals surface area contributed by atoms with Crippen molar-refractivity contribution in [3.63, 3.8) is 0 Å². The molecule has 0 aromatic heterocycles. The van der Waals surface area contributed by atoms with Gasteiger partial charge in [-0.3, -0.25) is 0 Å². The minimum absolute atomic E-state index is 1.16. The van der Waals surface area contributed by atoms with Gasteiger partial charge in [-0.2, -0.15) is 0 Å². The van der Waals surface area contributed by atoms with Gasteiger partial charge in [0, 0.05) is 0 Å². The number of hydrogen-bond donors (Lipinski definition) is 0. The van der Waals surface area contributed by atoms with Crippen molar-refractivity contribution in [3.8, 4) is 11.1 Å². The summed E-state index contributed by atoms with van der Waals surface area (Å²) in [4.78, 5) is 0. The summed E-state index contributed by atoms with van der Waals surface area (Å²) < 4.78 is 0. The van der Waals surface area contributed by atoms with Crippen molar-refractivity contribution in [1.29, 1.82) is 0 Å². The highest BCUT2D eigenvalue weighted by molar-refractivity contribution is 5.70. The van der Waals surface area contributed by atoms with Gasteiger partial charge in [-0.1, -0.05) is 61.9 Å². The monoisotopic (exact) mass is 210 g/mol. The number of rotatable bonds is 3. The minimum atomic E-state index is 1.16. The predicted octanol–water partition coefficient (Wildman–Crippen LogP) is 4.61. The van der Waals surface area contributed by atoms with Crippen molar-refractivity contribution < 1.29 is 0 Å². The lowest BCUT2D eigenvalue weighted by molar-refractivity contribution is 0.922. The van der Waals surface area contributed by atoms with Crippen LogP contribution < -0.4 is 0 Å². The maximum Gasteiger partial charge on any atom is -0.0123 e. The molecule has 2 aromatic carbocycles. The number of hydrogen-bond acceptors (Lipinski definition) is 0. The van der Waals surface area contributed by atoms with E-state index in [1.165, 1.54) is 28.7 Å². The molecule has 0 fully saturated rings. The second-order valence-corrected chi connectivity index (χ2v) is 4.23. The molecule has 0 heteroatoms. The van der Waals surface area contributed by atoms with E-state index < -0.39 is 0 Å². The molecule has 0 unspecified atom stereocenters. The maximum absolute atomic E-state index is 2.25. The van der Waals surface area contributed by atoms with Crippen LogP contribution in [0.15, 0.2) is 48.5 Å². The first-order valence-corrected chi connectivity index (χ1v) is 5.97. The third kappa shape index (κ3) is 2.16. The van der Waals surface area contributed by atoms with Gasteiger partial charge in [0.25, 0.3) is 0 Å². The van der Waals surface area contributed by atoms with E-state index in [-0.39, 0.29) is 0 Å². The zero-order valence-electron chi connectivity index (χ0n) is 10.0. The number of benzene rings is 2. The van der Waals surface area contributed by atoms with Gasteiger partial charge in [0.05, 0.1) is 0 Å². The Balaban J connectivity index is 2.54. The molecular weight excluding hydrogens is 192 g/mol. The van der Waals surface area contributed by atoms with Crippen LogP contribution in [0.4, 0.5) is 0 Å². The zero-order chi connectivity index (χ0) is 11.4. The van der Waals surface area contributed by atoms with E-state index in [1.807, 2.05) is 0 Å². The van der Waals surface area contributed by atoms with Gasteiger partial charge in [-0.05, 0) is 35.6 Å². The predicted molar refractivity (Wildman–Crippen MR) is 70.6 cm³/mol. The molecule has 82 valence electrons. The van der Waals surface area contributed by atoms with Gasteiger partial charge in [0.1, 0.15) is 0 Å². The summed E-state index contributed by atoms with van der Waals surface area (Å²) in [5.41, 5.74) is 5.60. The molecule has 0 heterocycles. The average molecular weight is 210 g/mol. The lowest BCUT2D eigenvalue weighted by atomic mass is 9.93. The summed E-state index contributed by atoms with van der Waals surface area (Å²) in [6.07, 6.45) is 2.36. The standard InChI is InChI=1S/C16H18/c1-3-8-14-12-7-9-13(2)16(14)15-10-5-4-6-11-15/h4-7,9-12H,3,8H2,1-2H3. The van der Waals surface area contributed by atoms with E-state index in [0.29, 0.717) is 0 Å². The van der Waals surface area contributed by atoms with E-state index in [2.05, 4.69) is 62.4 Å². The van der Waals surface area contributed by atoms with E-state index in [1.54, 1.807) is 0 Å².